The molecule has 1 aromatic heterocycles. The molecule has 1 amide bonds. The van der Waals surface area contributed by atoms with Crippen LogP contribution >= 0.6 is 11.3 Å². The molecule has 0 spiro atoms. The van der Waals surface area contributed by atoms with E-state index in [0.29, 0.717) is 52.2 Å². The van der Waals surface area contributed by atoms with Crippen LogP contribution in [0.2, 0.25) is 0 Å². The smallest absolute Gasteiger partial charge is 0.301 e. The van der Waals surface area contributed by atoms with Crippen LogP contribution in [0.5, 0.6) is 17.2 Å². The standard InChI is InChI=1S/C31H28N2O6S/c1-31(2,3)19-8-5-17(6-9-19)26-25(27(34)18-7-12-22-23(15-18)39-14-13-38-22)28(35)29(36)33(26)30-32-21-11-10-20(37-4)16-24(21)40-30/h5-12,15-16,26,34H,13-14H2,1-4H3/b27-25+. The maximum atomic E-state index is 13.6. The van der Waals surface area contributed by atoms with Gasteiger partial charge >= 0.3 is 5.91 Å². The lowest BCUT2D eigenvalue weighted by Crippen LogP contribution is -2.29. The molecule has 3 heterocycles. The number of carbonyl (C=O) groups excluding carboxylic acids is 2. The van der Waals surface area contributed by atoms with Gasteiger partial charge in [0.15, 0.2) is 16.6 Å². The molecule has 2 aliphatic heterocycles. The van der Waals surface area contributed by atoms with Gasteiger partial charge in [-0.25, -0.2) is 4.98 Å². The third-order valence-corrected chi connectivity index (χ3v) is 8.16. The van der Waals surface area contributed by atoms with Gasteiger partial charge in [0.05, 0.1) is 28.9 Å². The number of hydrogen-bond acceptors (Lipinski definition) is 8. The number of Topliss-reactive ketones (excluding diaryl/α,β-unsaturated/α-hetero) is 1. The van der Waals surface area contributed by atoms with E-state index in [-0.39, 0.29) is 16.7 Å². The minimum Gasteiger partial charge on any atom is -0.507 e. The number of fused-ring (bicyclic) bond motifs is 2. The number of carbonyl (C=O) groups is 2. The second kappa shape index (κ2) is 9.67. The first kappa shape index (κ1) is 25.9. The second-order valence-electron chi connectivity index (χ2n) is 10.7. The Morgan fingerprint density at radius 1 is 1.00 bits per heavy atom. The number of aromatic nitrogens is 1. The third kappa shape index (κ3) is 4.36. The molecule has 9 heteroatoms. The molecule has 1 atom stereocenters. The number of thiazole rings is 1. The molecule has 3 aromatic carbocycles. The molecule has 1 fully saturated rings. The number of amides is 1. The number of nitrogens with zero attached hydrogens (tertiary/aromatic N) is 2. The Bertz CT molecular complexity index is 1680. The minimum absolute atomic E-state index is 0.0120. The van der Waals surface area contributed by atoms with Crippen LogP contribution in [0.1, 0.15) is 43.5 Å². The van der Waals surface area contributed by atoms with E-state index in [1.165, 1.54) is 16.2 Å². The van der Waals surface area contributed by atoms with Crippen LogP contribution in [0.4, 0.5) is 5.13 Å². The molecular weight excluding hydrogens is 528 g/mol. The quantitative estimate of drug-likeness (QED) is 0.187. The van der Waals surface area contributed by atoms with Gasteiger partial charge in [0.2, 0.25) is 0 Å². The highest BCUT2D eigenvalue weighted by atomic mass is 32.1. The SMILES string of the molecule is COc1ccc2nc(N3C(=O)C(=O)/C(=C(/O)c4ccc5c(c4)OCCO5)C3c3ccc(C(C)(C)C)cc3)sc2c1. The molecule has 0 saturated carbocycles. The predicted octanol–water partition coefficient (Wildman–Crippen LogP) is 6.00. The van der Waals surface area contributed by atoms with E-state index >= 15 is 0 Å². The lowest BCUT2D eigenvalue weighted by atomic mass is 9.85. The predicted molar refractivity (Wildman–Crippen MR) is 154 cm³/mol. The summed E-state index contributed by atoms with van der Waals surface area (Å²) >= 11 is 1.28. The fourth-order valence-electron chi connectivity index (χ4n) is 4.98. The van der Waals surface area contributed by atoms with Crippen molar-refractivity contribution in [1.82, 2.24) is 4.98 Å². The largest absolute Gasteiger partial charge is 0.507 e. The van der Waals surface area contributed by atoms with E-state index in [2.05, 4.69) is 25.8 Å². The van der Waals surface area contributed by atoms with Crippen molar-refractivity contribution >= 4 is 44.1 Å². The minimum atomic E-state index is -0.885. The molecule has 2 aliphatic rings. The highest BCUT2D eigenvalue weighted by molar-refractivity contribution is 7.22. The van der Waals surface area contributed by atoms with Crippen LogP contribution < -0.4 is 19.1 Å². The summed E-state index contributed by atoms with van der Waals surface area (Å²) < 4.78 is 17.4. The van der Waals surface area contributed by atoms with Gasteiger partial charge in [-0.1, -0.05) is 56.4 Å². The van der Waals surface area contributed by atoms with Crippen LogP contribution in [-0.2, 0) is 15.0 Å². The number of anilines is 1. The van der Waals surface area contributed by atoms with Gasteiger partial charge in [0.25, 0.3) is 5.78 Å². The Morgan fingerprint density at radius 3 is 2.42 bits per heavy atom. The van der Waals surface area contributed by atoms with Gasteiger partial charge in [0.1, 0.15) is 24.7 Å². The molecule has 0 aliphatic carbocycles. The van der Waals surface area contributed by atoms with Crippen LogP contribution in [0.3, 0.4) is 0 Å². The van der Waals surface area contributed by atoms with Crippen molar-refractivity contribution < 1.29 is 28.9 Å². The van der Waals surface area contributed by atoms with E-state index < -0.39 is 17.7 Å². The summed E-state index contributed by atoms with van der Waals surface area (Å²) in [6, 6.07) is 17.3. The Morgan fingerprint density at radius 2 is 1.73 bits per heavy atom. The molecular formula is C31H28N2O6S. The zero-order chi connectivity index (χ0) is 28.2. The van der Waals surface area contributed by atoms with Crippen LogP contribution in [-0.4, -0.2) is 42.1 Å². The molecule has 1 N–H and O–H groups in total. The molecule has 40 heavy (non-hydrogen) atoms. The number of ketones is 1. The number of rotatable bonds is 4. The first-order chi connectivity index (χ1) is 19.2. The van der Waals surface area contributed by atoms with Crippen molar-refractivity contribution in [3.05, 3.63) is 82.9 Å². The summed E-state index contributed by atoms with van der Waals surface area (Å²) in [5, 5.41) is 11.9. The van der Waals surface area contributed by atoms with E-state index in [1.807, 2.05) is 36.4 Å². The maximum absolute atomic E-state index is 13.6. The molecule has 0 bridgehead atoms. The van der Waals surface area contributed by atoms with Crippen molar-refractivity contribution in [1.29, 1.82) is 0 Å². The number of aliphatic hydroxyl groups is 1. The topological polar surface area (TPSA) is 98.2 Å². The highest BCUT2D eigenvalue weighted by Crippen LogP contribution is 2.45. The molecule has 1 unspecified atom stereocenters. The lowest BCUT2D eigenvalue weighted by molar-refractivity contribution is -0.132. The van der Waals surface area contributed by atoms with Crippen LogP contribution in [0.25, 0.3) is 16.0 Å². The summed E-state index contributed by atoms with van der Waals surface area (Å²) in [5.74, 6) is -0.134. The van der Waals surface area contributed by atoms with E-state index in [1.54, 1.807) is 31.4 Å². The Balaban J connectivity index is 1.52. The maximum Gasteiger partial charge on any atom is 0.301 e. The highest BCUT2D eigenvalue weighted by Gasteiger charge is 2.48. The number of aliphatic hydroxyl groups excluding tert-OH is 1. The molecule has 4 aromatic rings. The van der Waals surface area contributed by atoms with Gasteiger partial charge in [-0.3, -0.25) is 14.5 Å². The van der Waals surface area contributed by atoms with E-state index in [0.717, 1.165) is 10.3 Å². The summed E-state index contributed by atoms with van der Waals surface area (Å²) in [6.45, 7) is 7.16. The fraction of sp³-hybridized carbons (Fsp3) is 0.258. The second-order valence-corrected chi connectivity index (χ2v) is 11.7. The van der Waals surface area contributed by atoms with Gasteiger partial charge in [-0.2, -0.15) is 0 Å². The average molecular weight is 557 g/mol. The van der Waals surface area contributed by atoms with Crippen molar-refractivity contribution in [3.63, 3.8) is 0 Å². The summed E-state index contributed by atoms with van der Waals surface area (Å²) in [6.07, 6.45) is 0. The number of ether oxygens (including phenoxy) is 3. The van der Waals surface area contributed by atoms with Gasteiger partial charge in [-0.15, -0.1) is 0 Å². The summed E-state index contributed by atoms with van der Waals surface area (Å²) in [5.41, 5.74) is 2.72. The van der Waals surface area contributed by atoms with E-state index in [4.69, 9.17) is 14.2 Å². The summed E-state index contributed by atoms with van der Waals surface area (Å²) in [7, 11) is 1.58. The first-order valence-corrected chi connectivity index (χ1v) is 13.7. The van der Waals surface area contributed by atoms with Crippen LogP contribution in [0, 0.1) is 0 Å². The lowest BCUT2D eigenvalue weighted by Gasteiger charge is -2.25. The van der Waals surface area contributed by atoms with Crippen molar-refractivity contribution in [2.24, 2.45) is 0 Å². The number of hydrogen-bond donors (Lipinski definition) is 1. The first-order valence-electron chi connectivity index (χ1n) is 12.9. The molecule has 1 saturated heterocycles. The Labute approximate surface area is 235 Å². The third-order valence-electron chi connectivity index (χ3n) is 7.14. The Kier molecular flexibility index (Phi) is 6.26. The zero-order valence-corrected chi connectivity index (χ0v) is 23.4. The van der Waals surface area contributed by atoms with E-state index in [9.17, 15) is 14.7 Å². The van der Waals surface area contributed by atoms with Crippen molar-refractivity contribution in [3.8, 4) is 17.2 Å². The molecule has 204 valence electrons. The monoisotopic (exact) mass is 556 g/mol. The van der Waals surface area contributed by atoms with Gasteiger partial charge in [-0.05, 0) is 52.9 Å². The van der Waals surface area contributed by atoms with Crippen LogP contribution in [0.15, 0.2) is 66.2 Å². The number of benzene rings is 3. The Hall–Kier alpha value is -4.37. The van der Waals surface area contributed by atoms with Crippen molar-refractivity contribution in [2.75, 3.05) is 25.2 Å². The van der Waals surface area contributed by atoms with Crippen molar-refractivity contribution in [2.45, 2.75) is 32.2 Å². The average Bonchev–Trinajstić information content (AvgIpc) is 3.49. The molecule has 8 nitrogen and oxygen atoms in total. The van der Waals surface area contributed by atoms with Gasteiger partial charge < -0.3 is 19.3 Å². The number of methoxy groups -OCH3 is 1. The molecule has 6 rings (SSSR count). The normalized spacial score (nSPS) is 18.4. The fourth-order valence-corrected chi connectivity index (χ4v) is 6.00. The molecule has 0 radical (unpaired) electrons. The summed E-state index contributed by atoms with van der Waals surface area (Å²) in [4.78, 5) is 33.3. The zero-order valence-electron chi connectivity index (χ0n) is 22.6. The van der Waals surface area contributed by atoms with Gasteiger partial charge in [0, 0.05) is 5.56 Å².